The fourth-order valence-corrected chi connectivity index (χ4v) is 3.49. The summed E-state index contributed by atoms with van der Waals surface area (Å²) < 4.78 is 10.5. The first kappa shape index (κ1) is 20.5. The number of aromatic nitrogens is 2. The number of amides is 2. The van der Waals surface area contributed by atoms with Gasteiger partial charge in [-0.2, -0.15) is 4.98 Å². The topological polar surface area (TPSA) is 103 Å². The number of nitrogens with zero attached hydrogens (tertiary/aromatic N) is 3. The Bertz CT molecular complexity index is 1090. The number of carbonyl (C=O) groups excluding carboxylic acids is 3. The van der Waals surface area contributed by atoms with Gasteiger partial charge >= 0.3 is 5.97 Å². The summed E-state index contributed by atoms with van der Waals surface area (Å²) in [5.41, 5.74) is 1.35. The molecule has 2 amide bonds. The molecular formula is C23H21N3O5. The van der Waals surface area contributed by atoms with Crippen molar-refractivity contribution in [3.63, 3.8) is 0 Å². The van der Waals surface area contributed by atoms with Crippen molar-refractivity contribution >= 4 is 17.8 Å². The van der Waals surface area contributed by atoms with E-state index in [0.29, 0.717) is 17.0 Å². The van der Waals surface area contributed by atoms with E-state index in [1.54, 1.807) is 24.3 Å². The molecule has 1 aliphatic heterocycles. The highest BCUT2D eigenvalue weighted by atomic mass is 16.6. The van der Waals surface area contributed by atoms with Crippen molar-refractivity contribution in [2.45, 2.75) is 32.9 Å². The van der Waals surface area contributed by atoms with Gasteiger partial charge in [-0.15, -0.1) is 0 Å². The van der Waals surface area contributed by atoms with Crippen LogP contribution in [0.4, 0.5) is 0 Å². The van der Waals surface area contributed by atoms with Crippen LogP contribution in [0.15, 0.2) is 59.1 Å². The first-order valence-corrected chi connectivity index (χ1v) is 9.97. The van der Waals surface area contributed by atoms with E-state index in [1.807, 2.05) is 44.2 Å². The fraction of sp³-hybridized carbons (Fsp3) is 0.261. The van der Waals surface area contributed by atoms with Gasteiger partial charge in [0.1, 0.15) is 6.04 Å². The van der Waals surface area contributed by atoms with E-state index in [2.05, 4.69) is 10.1 Å². The molecule has 1 aromatic heterocycles. The van der Waals surface area contributed by atoms with Crippen molar-refractivity contribution in [2.24, 2.45) is 5.92 Å². The van der Waals surface area contributed by atoms with Crippen LogP contribution in [-0.2, 0) is 16.1 Å². The number of hydrogen-bond donors (Lipinski definition) is 0. The molecule has 4 rings (SSSR count). The number of ether oxygens (including phenoxy) is 1. The van der Waals surface area contributed by atoms with Gasteiger partial charge in [-0.25, -0.2) is 4.79 Å². The lowest BCUT2D eigenvalue weighted by Crippen LogP contribution is -2.46. The van der Waals surface area contributed by atoms with E-state index in [0.717, 1.165) is 10.5 Å². The quantitative estimate of drug-likeness (QED) is 0.427. The monoisotopic (exact) mass is 419 g/mol. The summed E-state index contributed by atoms with van der Waals surface area (Å²) in [6, 6.07) is 14.7. The lowest BCUT2D eigenvalue weighted by molar-refractivity contribution is -0.151. The van der Waals surface area contributed by atoms with E-state index < -0.39 is 23.8 Å². The Balaban J connectivity index is 1.49. The second-order valence-electron chi connectivity index (χ2n) is 7.66. The summed E-state index contributed by atoms with van der Waals surface area (Å²) in [7, 11) is 0. The Hall–Kier alpha value is -3.81. The normalized spacial score (nSPS) is 14.1. The zero-order chi connectivity index (χ0) is 22.0. The first-order chi connectivity index (χ1) is 15.0. The van der Waals surface area contributed by atoms with E-state index in [9.17, 15) is 14.4 Å². The van der Waals surface area contributed by atoms with Crippen LogP contribution in [0.5, 0.6) is 0 Å². The lowest BCUT2D eigenvalue weighted by atomic mass is 10.0. The minimum Gasteiger partial charge on any atom is -0.454 e. The molecule has 2 aromatic carbocycles. The van der Waals surface area contributed by atoms with Crippen molar-refractivity contribution in [1.82, 2.24) is 15.0 Å². The summed E-state index contributed by atoms with van der Waals surface area (Å²) in [6.07, 6.45) is 0.281. The van der Waals surface area contributed by atoms with Crippen molar-refractivity contribution in [3.05, 3.63) is 71.6 Å². The smallest absolute Gasteiger partial charge is 0.329 e. The van der Waals surface area contributed by atoms with Gasteiger partial charge in [-0.05, 0) is 24.5 Å². The molecule has 0 unspecified atom stereocenters. The van der Waals surface area contributed by atoms with Crippen molar-refractivity contribution in [3.8, 4) is 11.4 Å². The zero-order valence-corrected chi connectivity index (χ0v) is 17.1. The van der Waals surface area contributed by atoms with E-state index in [-0.39, 0.29) is 24.8 Å². The van der Waals surface area contributed by atoms with Crippen LogP contribution in [0.3, 0.4) is 0 Å². The van der Waals surface area contributed by atoms with Crippen LogP contribution in [0, 0.1) is 5.92 Å². The predicted molar refractivity (Wildman–Crippen MR) is 110 cm³/mol. The van der Waals surface area contributed by atoms with Gasteiger partial charge in [-0.3, -0.25) is 14.5 Å². The van der Waals surface area contributed by atoms with E-state index in [4.69, 9.17) is 9.26 Å². The largest absolute Gasteiger partial charge is 0.454 e. The zero-order valence-electron chi connectivity index (χ0n) is 17.1. The second-order valence-corrected chi connectivity index (χ2v) is 7.66. The van der Waals surface area contributed by atoms with Crippen LogP contribution in [0.25, 0.3) is 11.4 Å². The second kappa shape index (κ2) is 8.51. The summed E-state index contributed by atoms with van der Waals surface area (Å²) in [5, 5.41) is 3.89. The Morgan fingerprint density at radius 2 is 1.61 bits per heavy atom. The fourth-order valence-electron chi connectivity index (χ4n) is 3.49. The molecule has 1 aliphatic rings. The van der Waals surface area contributed by atoms with Gasteiger partial charge in [-0.1, -0.05) is 61.5 Å². The van der Waals surface area contributed by atoms with Gasteiger partial charge in [0.25, 0.3) is 17.7 Å². The predicted octanol–water partition coefficient (Wildman–Crippen LogP) is 3.49. The molecule has 0 saturated carbocycles. The highest BCUT2D eigenvalue weighted by Gasteiger charge is 2.43. The average Bonchev–Trinajstić information content (AvgIpc) is 3.35. The van der Waals surface area contributed by atoms with Crippen molar-refractivity contribution in [1.29, 1.82) is 0 Å². The number of rotatable bonds is 7. The summed E-state index contributed by atoms with van der Waals surface area (Å²) in [6.45, 7) is 3.56. The third-order valence-corrected chi connectivity index (χ3v) is 4.94. The van der Waals surface area contributed by atoms with Crippen LogP contribution < -0.4 is 0 Å². The van der Waals surface area contributed by atoms with Crippen molar-refractivity contribution < 1.29 is 23.6 Å². The highest BCUT2D eigenvalue weighted by molar-refractivity contribution is 6.22. The number of hydrogen-bond acceptors (Lipinski definition) is 7. The first-order valence-electron chi connectivity index (χ1n) is 9.97. The molecule has 0 bridgehead atoms. The Morgan fingerprint density at radius 1 is 1.00 bits per heavy atom. The third-order valence-electron chi connectivity index (χ3n) is 4.94. The number of imide groups is 1. The number of carbonyl (C=O) groups is 3. The molecule has 158 valence electrons. The Labute approximate surface area is 178 Å². The van der Waals surface area contributed by atoms with Gasteiger partial charge in [0.05, 0.1) is 11.1 Å². The number of fused-ring (bicyclic) bond motifs is 1. The average molecular weight is 419 g/mol. The molecular weight excluding hydrogens is 398 g/mol. The minimum absolute atomic E-state index is 0.0509. The molecule has 31 heavy (non-hydrogen) atoms. The lowest BCUT2D eigenvalue weighted by Gasteiger charge is -2.25. The molecule has 8 nitrogen and oxygen atoms in total. The van der Waals surface area contributed by atoms with Gasteiger partial charge in [0.2, 0.25) is 5.82 Å². The molecule has 1 atom stereocenters. The minimum atomic E-state index is -1.04. The molecule has 0 aliphatic carbocycles. The molecule has 0 saturated heterocycles. The molecule has 2 heterocycles. The highest BCUT2D eigenvalue weighted by Crippen LogP contribution is 2.27. The maximum atomic E-state index is 12.9. The molecule has 0 spiro atoms. The molecule has 0 radical (unpaired) electrons. The molecule has 3 aromatic rings. The van der Waals surface area contributed by atoms with E-state index in [1.165, 1.54) is 0 Å². The summed E-state index contributed by atoms with van der Waals surface area (Å²) in [5.74, 6) is -1.12. The summed E-state index contributed by atoms with van der Waals surface area (Å²) >= 11 is 0. The molecule has 0 fully saturated rings. The van der Waals surface area contributed by atoms with E-state index >= 15 is 0 Å². The SMILES string of the molecule is CC(C)C[C@@H](C(=O)OCc1nc(-c2ccccc2)no1)N1C(=O)c2ccccc2C1=O. The number of benzene rings is 2. The molecule has 0 N–H and O–H groups in total. The van der Waals surface area contributed by atoms with Crippen LogP contribution in [0.2, 0.25) is 0 Å². The van der Waals surface area contributed by atoms with Crippen molar-refractivity contribution in [2.75, 3.05) is 0 Å². The third kappa shape index (κ3) is 4.09. The van der Waals surface area contributed by atoms with Gasteiger partial charge in [0.15, 0.2) is 6.61 Å². The Morgan fingerprint density at radius 3 is 2.23 bits per heavy atom. The van der Waals surface area contributed by atoms with Gasteiger partial charge in [0, 0.05) is 5.56 Å². The van der Waals surface area contributed by atoms with Crippen LogP contribution >= 0.6 is 0 Å². The molecule has 8 heteroatoms. The standard InChI is InChI=1S/C23H21N3O5/c1-14(2)12-18(26-21(27)16-10-6-7-11-17(16)22(26)28)23(29)30-13-19-24-20(25-31-19)15-8-4-3-5-9-15/h3-11,14,18H,12-13H2,1-2H3/t18-/m0/s1. The van der Waals surface area contributed by atoms with Crippen LogP contribution in [0.1, 0.15) is 46.9 Å². The number of esters is 1. The Kier molecular flexibility index (Phi) is 5.62. The van der Waals surface area contributed by atoms with Crippen LogP contribution in [-0.4, -0.2) is 38.9 Å². The maximum Gasteiger partial charge on any atom is 0.329 e. The maximum absolute atomic E-state index is 12.9. The summed E-state index contributed by atoms with van der Waals surface area (Å²) in [4.78, 5) is 43.8. The van der Waals surface area contributed by atoms with Gasteiger partial charge < -0.3 is 9.26 Å².